The molecule has 3 aromatic carbocycles. The summed E-state index contributed by atoms with van der Waals surface area (Å²) >= 11 is 0. The Morgan fingerprint density at radius 1 is 0.931 bits per heavy atom. The van der Waals surface area contributed by atoms with E-state index in [2.05, 4.69) is 5.32 Å². The van der Waals surface area contributed by atoms with Gasteiger partial charge in [0.05, 0.1) is 11.1 Å². The Balaban J connectivity index is 1.83. The maximum absolute atomic E-state index is 13.2. The van der Waals surface area contributed by atoms with Crippen LogP contribution in [0.5, 0.6) is 0 Å². The number of nitrogens with one attached hydrogen (secondary N) is 1. The lowest BCUT2D eigenvalue weighted by molar-refractivity contribution is 0.0967. The van der Waals surface area contributed by atoms with Crippen LogP contribution in [0.3, 0.4) is 0 Å². The fraction of sp³-hybridized carbons (Fsp3) is 0.0435. The number of hydrogen-bond donors (Lipinski definition) is 2. The molecule has 1 aromatic heterocycles. The summed E-state index contributed by atoms with van der Waals surface area (Å²) in [6.07, 6.45) is 0. The number of aryl methyl sites for hydroxylation is 1. The SMILES string of the molecule is Cc1ccccc1NC(=O)c1c(N)n(C(=O)c2ccc(F)cc2)c2ccccc12. The van der Waals surface area contributed by atoms with Gasteiger partial charge in [-0.1, -0.05) is 36.4 Å². The summed E-state index contributed by atoms with van der Waals surface area (Å²) in [5.74, 6) is -1.25. The van der Waals surface area contributed by atoms with Crippen LogP contribution in [-0.2, 0) is 0 Å². The minimum absolute atomic E-state index is 0.0339. The molecule has 0 aliphatic rings. The third-order valence-electron chi connectivity index (χ3n) is 4.83. The van der Waals surface area contributed by atoms with E-state index in [1.165, 1.54) is 28.8 Å². The molecule has 0 radical (unpaired) electrons. The number of aromatic nitrogens is 1. The first kappa shape index (κ1) is 18.4. The van der Waals surface area contributed by atoms with Crippen molar-refractivity contribution in [1.82, 2.24) is 4.57 Å². The van der Waals surface area contributed by atoms with Crippen LogP contribution in [0.25, 0.3) is 10.9 Å². The van der Waals surface area contributed by atoms with Gasteiger partial charge in [0, 0.05) is 16.6 Å². The van der Waals surface area contributed by atoms with Crippen LogP contribution in [0, 0.1) is 12.7 Å². The fourth-order valence-corrected chi connectivity index (χ4v) is 3.34. The highest BCUT2D eigenvalue weighted by Crippen LogP contribution is 2.30. The zero-order valence-electron chi connectivity index (χ0n) is 15.6. The standard InChI is InChI=1S/C23H18FN3O2/c1-14-6-2-4-8-18(14)26-22(28)20-17-7-3-5-9-19(17)27(21(20)25)23(29)15-10-12-16(24)13-11-15/h2-13H,25H2,1H3,(H,26,28). The molecule has 0 fully saturated rings. The number of halogens is 1. The average Bonchev–Trinajstić information content (AvgIpc) is 3.01. The number of nitrogens with two attached hydrogens (primary N) is 1. The number of fused-ring (bicyclic) bond motifs is 1. The zero-order chi connectivity index (χ0) is 20.5. The minimum atomic E-state index is -0.440. The Morgan fingerprint density at radius 3 is 2.31 bits per heavy atom. The van der Waals surface area contributed by atoms with E-state index >= 15 is 0 Å². The van der Waals surface area contributed by atoms with E-state index in [0.29, 0.717) is 16.6 Å². The number of para-hydroxylation sites is 2. The molecule has 1 amide bonds. The van der Waals surface area contributed by atoms with Gasteiger partial charge in [0.25, 0.3) is 11.8 Å². The van der Waals surface area contributed by atoms with Crippen molar-refractivity contribution < 1.29 is 14.0 Å². The Labute approximate surface area is 166 Å². The second-order valence-electron chi connectivity index (χ2n) is 6.69. The van der Waals surface area contributed by atoms with Crippen molar-refractivity contribution in [3.8, 4) is 0 Å². The summed E-state index contributed by atoms with van der Waals surface area (Å²) in [5.41, 5.74) is 8.86. The highest BCUT2D eigenvalue weighted by molar-refractivity contribution is 6.20. The summed E-state index contributed by atoms with van der Waals surface area (Å²) in [7, 11) is 0. The molecule has 4 aromatic rings. The van der Waals surface area contributed by atoms with Crippen molar-refractivity contribution in [1.29, 1.82) is 0 Å². The highest BCUT2D eigenvalue weighted by Gasteiger charge is 2.24. The highest BCUT2D eigenvalue weighted by atomic mass is 19.1. The lowest BCUT2D eigenvalue weighted by Gasteiger charge is -2.09. The van der Waals surface area contributed by atoms with Crippen molar-refractivity contribution in [2.45, 2.75) is 6.92 Å². The Kier molecular flexibility index (Phi) is 4.60. The molecular weight excluding hydrogens is 369 g/mol. The van der Waals surface area contributed by atoms with Crippen LogP contribution in [0.2, 0.25) is 0 Å². The van der Waals surface area contributed by atoms with Gasteiger partial charge >= 0.3 is 0 Å². The number of carbonyl (C=O) groups is 2. The number of rotatable bonds is 3. The molecule has 0 bridgehead atoms. The van der Waals surface area contributed by atoms with Crippen LogP contribution in [0.15, 0.2) is 72.8 Å². The predicted octanol–water partition coefficient (Wildman–Crippen LogP) is 4.61. The quantitative estimate of drug-likeness (QED) is 0.539. The van der Waals surface area contributed by atoms with E-state index in [1.54, 1.807) is 30.3 Å². The van der Waals surface area contributed by atoms with E-state index in [1.807, 2.05) is 25.1 Å². The molecule has 0 aliphatic carbocycles. The normalized spacial score (nSPS) is 10.8. The van der Waals surface area contributed by atoms with Gasteiger partial charge in [0.15, 0.2) is 0 Å². The maximum atomic E-state index is 13.2. The van der Waals surface area contributed by atoms with Crippen LogP contribution < -0.4 is 11.1 Å². The fourth-order valence-electron chi connectivity index (χ4n) is 3.34. The van der Waals surface area contributed by atoms with Gasteiger partial charge in [0.1, 0.15) is 11.6 Å². The van der Waals surface area contributed by atoms with E-state index in [0.717, 1.165) is 5.56 Å². The summed E-state index contributed by atoms with van der Waals surface area (Å²) in [6.45, 7) is 1.89. The van der Waals surface area contributed by atoms with E-state index in [-0.39, 0.29) is 16.9 Å². The summed E-state index contributed by atoms with van der Waals surface area (Å²) in [4.78, 5) is 26.1. The Hall–Kier alpha value is -3.93. The number of hydrogen-bond acceptors (Lipinski definition) is 3. The summed E-state index contributed by atoms with van der Waals surface area (Å²) in [5, 5.41) is 3.43. The molecule has 0 saturated carbocycles. The van der Waals surface area contributed by atoms with Gasteiger partial charge in [-0.3, -0.25) is 14.2 Å². The lowest BCUT2D eigenvalue weighted by Crippen LogP contribution is -2.18. The van der Waals surface area contributed by atoms with Gasteiger partial charge in [-0.2, -0.15) is 0 Å². The van der Waals surface area contributed by atoms with Crippen molar-refractivity contribution in [3.63, 3.8) is 0 Å². The second-order valence-corrected chi connectivity index (χ2v) is 6.69. The molecule has 0 atom stereocenters. The molecule has 1 heterocycles. The van der Waals surface area contributed by atoms with E-state index in [4.69, 9.17) is 5.73 Å². The smallest absolute Gasteiger partial charge is 0.263 e. The largest absolute Gasteiger partial charge is 0.384 e. The van der Waals surface area contributed by atoms with Crippen LogP contribution in [0.4, 0.5) is 15.9 Å². The number of amides is 1. The first-order chi connectivity index (χ1) is 14.0. The topological polar surface area (TPSA) is 77.1 Å². The maximum Gasteiger partial charge on any atom is 0.263 e. The summed E-state index contributed by atoms with van der Waals surface area (Å²) in [6, 6.07) is 19.6. The molecule has 0 spiro atoms. The first-order valence-corrected chi connectivity index (χ1v) is 9.03. The number of nitrogens with zero attached hydrogens (tertiary/aromatic N) is 1. The van der Waals surface area contributed by atoms with Crippen LogP contribution in [-0.4, -0.2) is 16.4 Å². The minimum Gasteiger partial charge on any atom is -0.384 e. The molecule has 0 saturated heterocycles. The van der Waals surface area contributed by atoms with E-state index in [9.17, 15) is 14.0 Å². The van der Waals surface area contributed by atoms with Gasteiger partial charge in [0.2, 0.25) is 0 Å². The summed E-state index contributed by atoms with van der Waals surface area (Å²) < 4.78 is 14.5. The van der Waals surface area contributed by atoms with Gasteiger partial charge < -0.3 is 11.1 Å². The van der Waals surface area contributed by atoms with Crippen molar-refractivity contribution in [2.24, 2.45) is 0 Å². The van der Waals surface area contributed by atoms with Crippen molar-refractivity contribution in [2.75, 3.05) is 11.1 Å². The monoisotopic (exact) mass is 387 g/mol. The predicted molar refractivity (Wildman–Crippen MR) is 112 cm³/mol. The van der Waals surface area contributed by atoms with E-state index < -0.39 is 17.6 Å². The van der Waals surface area contributed by atoms with Crippen LogP contribution in [0.1, 0.15) is 26.3 Å². The molecule has 4 rings (SSSR count). The number of nitrogen functional groups attached to an aromatic ring is 1. The van der Waals surface area contributed by atoms with Gasteiger partial charge in [-0.05, 0) is 48.9 Å². The number of carbonyl (C=O) groups excluding carboxylic acids is 2. The Morgan fingerprint density at radius 2 is 1.59 bits per heavy atom. The third kappa shape index (κ3) is 3.25. The molecule has 5 nitrogen and oxygen atoms in total. The second kappa shape index (κ2) is 7.24. The zero-order valence-corrected chi connectivity index (χ0v) is 15.6. The molecule has 0 aliphatic heterocycles. The molecule has 0 unspecified atom stereocenters. The molecule has 29 heavy (non-hydrogen) atoms. The lowest BCUT2D eigenvalue weighted by atomic mass is 10.1. The van der Waals surface area contributed by atoms with Crippen molar-refractivity contribution >= 4 is 34.2 Å². The first-order valence-electron chi connectivity index (χ1n) is 9.03. The number of anilines is 2. The van der Waals surface area contributed by atoms with Gasteiger partial charge in [-0.25, -0.2) is 4.39 Å². The molecule has 6 heteroatoms. The molecular formula is C23H18FN3O2. The third-order valence-corrected chi connectivity index (χ3v) is 4.83. The van der Waals surface area contributed by atoms with Gasteiger partial charge in [-0.15, -0.1) is 0 Å². The molecule has 144 valence electrons. The van der Waals surface area contributed by atoms with Crippen molar-refractivity contribution in [3.05, 3.63) is 95.3 Å². The average molecular weight is 387 g/mol. The molecule has 3 N–H and O–H groups in total. The van der Waals surface area contributed by atoms with Crippen LogP contribution >= 0.6 is 0 Å². The number of benzene rings is 3. The Bertz CT molecular complexity index is 1240.